The molecule has 2 N–H and O–H groups in total. The summed E-state index contributed by atoms with van der Waals surface area (Å²) in [5, 5.41) is 2.96. The molecule has 0 aliphatic rings. The number of carbonyl (C=O) groups is 1. The number of rotatable bonds is 4. The fourth-order valence-electron chi connectivity index (χ4n) is 2.61. The highest BCUT2D eigenvalue weighted by Crippen LogP contribution is 2.17. The number of hydrogen-bond acceptors (Lipinski definition) is 2. The number of H-pyrrole nitrogens is 1. The van der Waals surface area contributed by atoms with Gasteiger partial charge in [-0.05, 0) is 49.2 Å². The van der Waals surface area contributed by atoms with E-state index in [-0.39, 0.29) is 5.91 Å². The molecule has 0 unspecified atom stereocenters. The van der Waals surface area contributed by atoms with Crippen molar-refractivity contribution in [3.8, 4) is 11.3 Å². The lowest BCUT2D eigenvalue weighted by Crippen LogP contribution is -2.23. The number of benzene rings is 1. The monoisotopic (exact) mass is 305 g/mol. The summed E-state index contributed by atoms with van der Waals surface area (Å²) < 4.78 is 0. The predicted molar refractivity (Wildman–Crippen MR) is 91.1 cm³/mol. The first kappa shape index (κ1) is 15.0. The van der Waals surface area contributed by atoms with Gasteiger partial charge in [0.05, 0.1) is 5.69 Å². The smallest absolute Gasteiger partial charge is 0.268 e. The van der Waals surface area contributed by atoms with Crippen molar-refractivity contribution < 1.29 is 4.79 Å². The van der Waals surface area contributed by atoms with Crippen LogP contribution < -0.4 is 5.32 Å². The van der Waals surface area contributed by atoms with Gasteiger partial charge in [-0.2, -0.15) is 0 Å². The summed E-state index contributed by atoms with van der Waals surface area (Å²) >= 11 is 0. The van der Waals surface area contributed by atoms with E-state index in [0.29, 0.717) is 12.2 Å². The average Bonchev–Trinajstić information content (AvgIpc) is 2.92. The van der Waals surface area contributed by atoms with Gasteiger partial charge in [-0.3, -0.25) is 9.78 Å². The van der Waals surface area contributed by atoms with Gasteiger partial charge in [0, 0.05) is 24.0 Å². The maximum Gasteiger partial charge on any atom is 0.268 e. The molecule has 23 heavy (non-hydrogen) atoms. The Balaban J connectivity index is 1.71. The van der Waals surface area contributed by atoms with Crippen molar-refractivity contribution in [2.45, 2.75) is 20.4 Å². The Kier molecular flexibility index (Phi) is 4.24. The molecule has 0 aliphatic heterocycles. The maximum atomic E-state index is 12.3. The van der Waals surface area contributed by atoms with Crippen LogP contribution in [-0.2, 0) is 6.54 Å². The molecule has 116 valence electrons. The number of aromatic nitrogens is 2. The fourth-order valence-corrected chi connectivity index (χ4v) is 2.61. The van der Waals surface area contributed by atoms with E-state index < -0.39 is 0 Å². The van der Waals surface area contributed by atoms with Gasteiger partial charge >= 0.3 is 0 Å². The van der Waals surface area contributed by atoms with Crippen LogP contribution in [0.15, 0.2) is 54.7 Å². The van der Waals surface area contributed by atoms with Crippen LogP contribution in [0.1, 0.15) is 27.3 Å². The minimum Gasteiger partial charge on any atom is -0.354 e. The van der Waals surface area contributed by atoms with Crippen molar-refractivity contribution in [2.24, 2.45) is 0 Å². The van der Waals surface area contributed by atoms with Gasteiger partial charge in [-0.1, -0.05) is 24.3 Å². The summed E-state index contributed by atoms with van der Waals surface area (Å²) in [4.78, 5) is 19.7. The van der Waals surface area contributed by atoms with Gasteiger partial charge in [-0.25, -0.2) is 0 Å². The molecule has 4 nitrogen and oxygen atoms in total. The number of aryl methyl sites for hydroxylation is 2. The van der Waals surface area contributed by atoms with Gasteiger partial charge < -0.3 is 10.3 Å². The molecule has 0 spiro atoms. The zero-order valence-corrected chi connectivity index (χ0v) is 13.3. The quantitative estimate of drug-likeness (QED) is 0.773. The highest BCUT2D eigenvalue weighted by Gasteiger charge is 2.11. The highest BCUT2D eigenvalue weighted by molar-refractivity contribution is 5.93. The van der Waals surface area contributed by atoms with Crippen LogP contribution in [0.3, 0.4) is 0 Å². The lowest BCUT2D eigenvalue weighted by atomic mass is 10.1. The van der Waals surface area contributed by atoms with E-state index in [1.54, 1.807) is 6.20 Å². The van der Waals surface area contributed by atoms with Crippen LogP contribution >= 0.6 is 0 Å². The zero-order valence-electron chi connectivity index (χ0n) is 13.3. The van der Waals surface area contributed by atoms with Crippen LogP contribution in [0.5, 0.6) is 0 Å². The van der Waals surface area contributed by atoms with E-state index in [1.165, 1.54) is 0 Å². The molecule has 0 aliphatic carbocycles. The molecule has 1 aromatic carbocycles. The normalized spacial score (nSPS) is 10.5. The number of hydrogen-bond donors (Lipinski definition) is 2. The third kappa shape index (κ3) is 3.48. The third-order valence-corrected chi connectivity index (χ3v) is 3.72. The van der Waals surface area contributed by atoms with Crippen molar-refractivity contribution >= 4 is 5.91 Å². The molecular weight excluding hydrogens is 286 g/mol. The largest absolute Gasteiger partial charge is 0.354 e. The van der Waals surface area contributed by atoms with E-state index in [0.717, 1.165) is 28.1 Å². The zero-order chi connectivity index (χ0) is 16.2. The second-order valence-corrected chi connectivity index (χ2v) is 5.61. The van der Waals surface area contributed by atoms with Crippen molar-refractivity contribution in [3.63, 3.8) is 0 Å². The van der Waals surface area contributed by atoms with Crippen molar-refractivity contribution in [1.29, 1.82) is 0 Å². The van der Waals surface area contributed by atoms with Gasteiger partial charge in [-0.15, -0.1) is 0 Å². The molecule has 0 bridgehead atoms. The second kappa shape index (κ2) is 6.48. The van der Waals surface area contributed by atoms with Crippen LogP contribution in [0.25, 0.3) is 11.3 Å². The molecular formula is C19H19N3O. The van der Waals surface area contributed by atoms with Gasteiger partial charge in [0.25, 0.3) is 5.91 Å². The molecule has 3 aromatic rings. The average molecular weight is 305 g/mol. The summed E-state index contributed by atoms with van der Waals surface area (Å²) in [5.41, 5.74) is 5.60. The first-order valence-corrected chi connectivity index (χ1v) is 7.58. The number of nitrogens with zero attached hydrogens (tertiary/aromatic N) is 1. The van der Waals surface area contributed by atoms with E-state index in [2.05, 4.69) is 21.4 Å². The number of pyridine rings is 1. The minimum atomic E-state index is -0.0844. The van der Waals surface area contributed by atoms with E-state index in [9.17, 15) is 4.79 Å². The summed E-state index contributed by atoms with van der Waals surface area (Å²) in [5.74, 6) is -0.0844. The molecule has 4 heteroatoms. The Labute approximate surface area is 135 Å². The number of carbonyl (C=O) groups excluding carboxylic acids is 1. The standard InChI is InChI=1S/C19H19N3O/c1-13-10-14(2)22-18(13)19(23)21-12-15-6-5-7-16(11-15)17-8-3-4-9-20-17/h3-11,22H,12H2,1-2H3,(H,21,23). The molecule has 3 rings (SSSR count). The van der Waals surface area contributed by atoms with E-state index >= 15 is 0 Å². The minimum absolute atomic E-state index is 0.0844. The summed E-state index contributed by atoms with van der Waals surface area (Å²) in [7, 11) is 0. The molecule has 0 radical (unpaired) electrons. The van der Waals surface area contributed by atoms with Gasteiger partial charge in [0.15, 0.2) is 0 Å². The van der Waals surface area contributed by atoms with Crippen LogP contribution in [0.2, 0.25) is 0 Å². The van der Waals surface area contributed by atoms with Crippen LogP contribution in [-0.4, -0.2) is 15.9 Å². The summed E-state index contributed by atoms with van der Waals surface area (Å²) in [6.07, 6.45) is 1.78. The Morgan fingerprint density at radius 1 is 1.13 bits per heavy atom. The number of amides is 1. The second-order valence-electron chi connectivity index (χ2n) is 5.61. The molecule has 0 fully saturated rings. The van der Waals surface area contributed by atoms with E-state index in [1.807, 2.05) is 56.3 Å². The summed E-state index contributed by atoms with van der Waals surface area (Å²) in [6.45, 7) is 4.36. The summed E-state index contributed by atoms with van der Waals surface area (Å²) in [6, 6.07) is 15.9. The van der Waals surface area contributed by atoms with Crippen molar-refractivity contribution in [1.82, 2.24) is 15.3 Å². The molecule has 2 aromatic heterocycles. The molecule has 0 saturated carbocycles. The fraction of sp³-hybridized carbons (Fsp3) is 0.158. The third-order valence-electron chi connectivity index (χ3n) is 3.72. The Bertz CT molecular complexity index is 822. The maximum absolute atomic E-state index is 12.3. The van der Waals surface area contributed by atoms with E-state index in [4.69, 9.17) is 0 Å². The predicted octanol–water partition coefficient (Wildman–Crippen LogP) is 3.62. The first-order chi connectivity index (χ1) is 11.1. The molecule has 0 saturated heterocycles. The lowest BCUT2D eigenvalue weighted by molar-refractivity contribution is 0.0946. The molecule has 2 heterocycles. The lowest BCUT2D eigenvalue weighted by Gasteiger charge is -2.07. The topological polar surface area (TPSA) is 57.8 Å². The molecule has 0 atom stereocenters. The Morgan fingerprint density at radius 2 is 2.00 bits per heavy atom. The number of aromatic amines is 1. The van der Waals surface area contributed by atoms with Crippen molar-refractivity contribution in [3.05, 3.63) is 77.2 Å². The SMILES string of the molecule is Cc1cc(C)c(C(=O)NCc2cccc(-c3ccccn3)c2)[nH]1. The van der Waals surface area contributed by atoms with Crippen molar-refractivity contribution in [2.75, 3.05) is 0 Å². The number of nitrogens with one attached hydrogen (secondary N) is 2. The first-order valence-electron chi connectivity index (χ1n) is 7.58. The van der Waals surface area contributed by atoms with Crippen LogP contribution in [0.4, 0.5) is 0 Å². The van der Waals surface area contributed by atoms with Crippen LogP contribution in [0, 0.1) is 13.8 Å². The van der Waals surface area contributed by atoms with Gasteiger partial charge in [0.1, 0.15) is 5.69 Å². The Morgan fingerprint density at radius 3 is 2.70 bits per heavy atom. The Hall–Kier alpha value is -2.88. The van der Waals surface area contributed by atoms with Gasteiger partial charge in [0.2, 0.25) is 0 Å². The molecule has 1 amide bonds. The highest BCUT2D eigenvalue weighted by atomic mass is 16.1.